The van der Waals surface area contributed by atoms with Crippen LogP contribution in [0.2, 0.25) is 10.0 Å². The van der Waals surface area contributed by atoms with Crippen LogP contribution in [0.3, 0.4) is 0 Å². The number of benzene rings is 2. The second kappa shape index (κ2) is 13.1. The zero-order valence-electron chi connectivity index (χ0n) is 19.2. The Morgan fingerprint density at radius 2 is 1.75 bits per heavy atom. The number of nitrogens with one attached hydrogen (secondary N) is 1. The van der Waals surface area contributed by atoms with Gasteiger partial charge in [-0.1, -0.05) is 67.7 Å². The summed E-state index contributed by atoms with van der Waals surface area (Å²) in [5.74, 6) is 0.800. The van der Waals surface area contributed by atoms with Crippen LogP contribution in [0.1, 0.15) is 44.7 Å². The number of carbonyl (C=O) groups is 2. The largest absolute Gasteiger partial charge is 0.354 e. The molecule has 0 aliphatic heterocycles. The van der Waals surface area contributed by atoms with Crippen LogP contribution >= 0.6 is 35.0 Å². The van der Waals surface area contributed by atoms with Gasteiger partial charge in [0.1, 0.15) is 6.04 Å². The Kier molecular flexibility index (Phi) is 10.9. The Bertz CT molecular complexity index is 903. The summed E-state index contributed by atoms with van der Waals surface area (Å²) in [6.45, 7) is 8.94. The molecule has 7 heteroatoms. The molecule has 0 fully saturated rings. The molecule has 2 aromatic carbocycles. The van der Waals surface area contributed by atoms with Crippen molar-refractivity contribution >= 4 is 46.8 Å². The first kappa shape index (κ1) is 26.6. The SMILES string of the molecule is CC[C@@H](C(=O)NCC(C)C)N(Cc1ccc(Cl)c(Cl)c1)C(=O)CCSc1ccc(C)cc1. The number of halogens is 2. The third-order valence-corrected chi connectivity index (χ3v) is 6.77. The molecule has 0 saturated carbocycles. The van der Waals surface area contributed by atoms with Crippen molar-refractivity contribution in [3.63, 3.8) is 0 Å². The van der Waals surface area contributed by atoms with Crippen molar-refractivity contribution in [1.82, 2.24) is 10.2 Å². The van der Waals surface area contributed by atoms with Gasteiger partial charge in [-0.25, -0.2) is 0 Å². The lowest BCUT2D eigenvalue weighted by Crippen LogP contribution is -2.49. The fraction of sp³-hybridized carbons (Fsp3) is 0.440. The Labute approximate surface area is 206 Å². The zero-order chi connectivity index (χ0) is 23.7. The van der Waals surface area contributed by atoms with E-state index in [9.17, 15) is 9.59 Å². The molecule has 0 saturated heterocycles. The molecule has 2 amide bonds. The smallest absolute Gasteiger partial charge is 0.242 e. The minimum Gasteiger partial charge on any atom is -0.354 e. The number of aryl methyl sites for hydroxylation is 1. The molecule has 4 nitrogen and oxygen atoms in total. The van der Waals surface area contributed by atoms with Crippen molar-refractivity contribution in [2.24, 2.45) is 5.92 Å². The molecule has 0 spiro atoms. The van der Waals surface area contributed by atoms with Gasteiger partial charge in [0, 0.05) is 30.2 Å². The van der Waals surface area contributed by atoms with E-state index in [2.05, 4.69) is 29.6 Å². The van der Waals surface area contributed by atoms with E-state index in [1.54, 1.807) is 28.8 Å². The van der Waals surface area contributed by atoms with Gasteiger partial charge in [-0.3, -0.25) is 9.59 Å². The Balaban J connectivity index is 2.14. The molecule has 0 heterocycles. The molecular weight excluding hydrogens is 463 g/mol. The molecule has 1 N–H and O–H groups in total. The average molecular weight is 496 g/mol. The predicted molar refractivity (Wildman–Crippen MR) is 135 cm³/mol. The fourth-order valence-corrected chi connectivity index (χ4v) is 4.37. The van der Waals surface area contributed by atoms with Crippen molar-refractivity contribution < 1.29 is 9.59 Å². The van der Waals surface area contributed by atoms with Gasteiger partial charge in [-0.05, 0) is 49.1 Å². The minimum atomic E-state index is -0.542. The Hall–Kier alpha value is -1.69. The highest BCUT2D eigenvalue weighted by Gasteiger charge is 2.28. The summed E-state index contributed by atoms with van der Waals surface area (Å²) >= 11 is 13.9. The second-order valence-corrected chi connectivity index (χ2v) is 10.2. The first-order valence-corrected chi connectivity index (χ1v) is 12.7. The topological polar surface area (TPSA) is 49.4 Å². The van der Waals surface area contributed by atoms with Crippen LogP contribution in [-0.4, -0.2) is 35.1 Å². The lowest BCUT2D eigenvalue weighted by molar-refractivity contribution is -0.141. The van der Waals surface area contributed by atoms with Crippen molar-refractivity contribution in [3.05, 3.63) is 63.6 Å². The predicted octanol–water partition coefficient (Wildman–Crippen LogP) is 6.36. The van der Waals surface area contributed by atoms with Crippen LogP contribution in [0.5, 0.6) is 0 Å². The number of carbonyl (C=O) groups excluding carboxylic acids is 2. The number of amides is 2. The number of rotatable bonds is 11. The maximum absolute atomic E-state index is 13.3. The molecule has 0 bridgehead atoms. The summed E-state index contributed by atoms with van der Waals surface area (Å²) in [4.78, 5) is 29.0. The molecule has 0 aliphatic rings. The number of nitrogens with zero attached hydrogens (tertiary/aromatic N) is 1. The quantitative estimate of drug-likeness (QED) is 0.369. The molecule has 2 rings (SSSR count). The molecule has 2 aromatic rings. The number of thioether (sulfide) groups is 1. The van der Waals surface area contributed by atoms with E-state index in [0.717, 1.165) is 10.5 Å². The summed E-state index contributed by atoms with van der Waals surface area (Å²) in [6.07, 6.45) is 0.871. The highest BCUT2D eigenvalue weighted by Crippen LogP contribution is 2.25. The van der Waals surface area contributed by atoms with E-state index in [-0.39, 0.29) is 11.8 Å². The summed E-state index contributed by atoms with van der Waals surface area (Å²) in [5.41, 5.74) is 2.05. The highest BCUT2D eigenvalue weighted by atomic mass is 35.5. The van der Waals surface area contributed by atoms with Crippen LogP contribution in [0, 0.1) is 12.8 Å². The lowest BCUT2D eigenvalue weighted by Gasteiger charge is -2.31. The van der Waals surface area contributed by atoms with Crippen LogP contribution < -0.4 is 5.32 Å². The first-order chi connectivity index (χ1) is 15.2. The van der Waals surface area contributed by atoms with Gasteiger partial charge in [-0.15, -0.1) is 11.8 Å². The van der Waals surface area contributed by atoms with E-state index < -0.39 is 6.04 Å². The van der Waals surface area contributed by atoms with E-state index in [1.807, 2.05) is 33.8 Å². The molecule has 174 valence electrons. The third-order valence-electron chi connectivity index (χ3n) is 5.01. The Morgan fingerprint density at radius 1 is 1.06 bits per heavy atom. The van der Waals surface area contributed by atoms with Crippen molar-refractivity contribution in [3.8, 4) is 0 Å². The maximum Gasteiger partial charge on any atom is 0.242 e. The van der Waals surface area contributed by atoms with E-state index >= 15 is 0 Å². The van der Waals surface area contributed by atoms with Gasteiger partial charge in [0.05, 0.1) is 10.0 Å². The Morgan fingerprint density at radius 3 is 2.34 bits per heavy atom. The molecule has 0 aliphatic carbocycles. The summed E-state index contributed by atoms with van der Waals surface area (Å²) in [7, 11) is 0. The van der Waals surface area contributed by atoms with E-state index in [4.69, 9.17) is 23.2 Å². The van der Waals surface area contributed by atoms with Crippen LogP contribution in [0.15, 0.2) is 47.4 Å². The van der Waals surface area contributed by atoms with Gasteiger partial charge < -0.3 is 10.2 Å². The standard InChI is InChI=1S/C25H32Cl2N2O2S/c1-5-23(25(31)28-15-17(2)3)29(16-19-8-11-21(26)22(27)14-19)24(30)12-13-32-20-9-6-18(4)7-10-20/h6-11,14,17,23H,5,12-13,15-16H2,1-4H3,(H,28,31)/t23-/m0/s1. The van der Waals surface area contributed by atoms with Crippen LogP contribution in [0.4, 0.5) is 0 Å². The van der Waals surface area contributed by atoms with Gasteiger partial charge >= 0.3 is 0 Å². The molecule has 0 aromatic heterocycles. The summed E-state index contributed by atoms with van der Waals surface area (Å²) in [5, 5.41) is 3.87. The third kappa shape index (κ3) is 8.34. The monoisotopic (exact) mass is 494 g/mol. The molecule has 0 radical (unpaired) electrons. The fourth-order valence-electron chi connectivity index (χ4n) is 3.21. The molecule has 32 heavy (non-hydrogen) atoms. The van der Waals surface area contributed by atoms with E-state index in [1.165, 1.54) is 5.56 Å². The molecule has 1 atom stereocenters. The van der Waals surface area contributed by atoms with Gasteiger partial charge in [0.2, 0.25) is 11.8 Å². The lowest BCUT2D eigenvalue weighted by atomic mass is 10.1. The van der Waals surface area contributed by atoms with Gasteiger partial charge in [-0.2, -0.15) is 0 Å². The molecule has 0 unspecified atom stereocenters. The van der Waals surface area contributed by atoms with Crippen LogP contribution in [0.25, 0.3) is 0 Å². The maximum atomic E-state index is 13.3. The zero-order valence-corrected chi connectivity index (χ0v) is 21.5. The van der Waals surface area contributed by atoms with Crippen molar-refractivity contribution in [2.75, 3.05) is 12.3 Å². The normalized spacial score (nSPS) is 12.0. The first-order valence-electron chi connectivity index (χ1n) is 10.9. The van der Waals surface area contributed by atoms with Crippen molar-refractivity contribution in [1.29, 1.82) is 0 Å². The number of hydrogen-bond donors (Lipinski definition) is 1. The summed E-state index contributed by atoms with van der Waals surface area (Å²) in [6, 6.07) is 13.0. The van der Waals surface area contributed by atoms with Crippen LogP contribution in [-0.2, 0) is 16.1 Å². The summed E-state index contributed by atoms with van der Waals surface area (Å²) < 4.78 is 0. The highest BCUT2D eigenvalue weighted by molar-refractivity contribution is 7.99. The minimum absolute atomic E-state index is 0.0535. The van der Waals surface area contributed by atoms with Gasteiger partial charge in [0.15, 0.2) is 0 Å². The van der Waals surface area contributed by atoms with E-state index in [0.29, 0.717) is 47.6 Å². The number of hydrogen-bond acceptors (Lipinski definition) is 3. The molecular formula is C25H32Cl2N2O2S. The average Bonchev–Trinajstić information content (AvgIpc) is 2.75. The van der Waals surface area contributed by atoms with Crippen molar-refractivity contribution in [2.45, 2.75) is 58.0 Å². The van der Waals surface area contributed by atoms with Gasteiger partial charge in [0.25, 0.3) is 0 Å². The second-order valence-electron chi connectivity index (χ2n) is 8.24.